The number of hydrogen-bond donors (Lipinski definition) is 0. The molecule has 0 N–H and O–H groups in total. The first-order valence-electron chi connectivity index (χ1n) is 9.63. The first kappa shape index (κ1) is 16.8. The van der Waals surface area contributed by atoms with Crippen LogP contribution in [0.4, 0.5) is 0 Å². The van der Waals surface area contributed by atoms with Gasteiger partial charge in [0.15, 0.2) is 0 Å². The van der Waals surface area contributed by atoms with E-state index in [1.54, 1.807) is 6.26 Å². The smallest absolute Gasteiger partial charge is 0.146 e. The molecule has 2 aliphatic rings. The molecule has 0 unspecified atom stereocenters. The fourth-order valence-corrected chi connectivity index (χ4v) is 4.24. The highest BCUT2D eigenvalue weighted by molar-refractivity contribution is 5.08. The molecule has 2 aromatic heterocycles. The van der Waals surface area contributed by atoms with Gasteiger partial charge in [0.2, 0.25) is 0 Å². The molecular formula is C19H29N5O. The fourth-order valence-electron chi connectivity index (χ4n) is 4.24. The van der Waals surface area contributed by atoms with Crippen LogP contribution in [0.3, 0.4) is 0 Å². The molecule has 0 aliphatic carbocycles. The Balaban J connectivity index is 1.40. The van der Waals surface area contributed by atoms with E-state index in [-0.39, 0.29) is 0 Å². The van der Waals surface area contributed by atoms with Crippen LogP contribution in [-0.4, -0.2) is 50.7 Å². The Hall–Kier alpha value is -1.66. The van der Waals surface area contributed by atoms with Crippen molar-refractivity contribution in [2.45, 2.75) is 51.1 Å². The monoisotopic (exact) mass is 343 g/mol. The van der Waals surface area contributed by atoms with E-state index < -0.39 is 0 Å². The summed E-state index contributed by atoms with van der Waals surface area (Å²) >= 11 is 0. The normalized spacial score (nSPS) is 23.2. The summed E-state index contributed by atoms with van der Waals surface area (Å²) < 4.78 is 7.45. The van der Waals surface area contributed by atoms with Gasteiger partial charge in [-0.15, -0.1) is 10.2 Å². The highest BCUT2D eigenvalue weighted by Crippen LogP contribution is 2.27. The largest absolute Gasteiger partial charge is 0.472 e. The molecule has 0 radical (unpaired) electrons. The van der Waals surface area contributed by atoms with Crippen LogP contribution in [0.15, 0.2) is 23.0 Å². The minimum atomic E-state index is 0.480. The zero-order chi connectivity index (χ0) is 17.1. The Bertz CT molecular complexity index is 659. The van der Waals surface area contributed by atoms with Crippen LogP contribution in [0.5, 0.6) is 0 Å². The van der Waals surface area contributed by atoms with E-state index in [9.17, 15) is 0 Å². The second-order valence-corrected chi connectivity index (χ2v) is 7.58. The molecule has 25 heavy (non-hydrogen) atoms. The van der Waals surface area contributed by atoms with Gasteiger partial charge in [0, 0.05) is 31.6 Å². The molecule has 0 spiro atoms. The Morgan fingerprint density at radius 1 is 1.04 bits per heavy atom. The number of rotatable bonds is 5. The van der Waals surface area contributed by atoms with E-state index in [0.717, 1.165) is 37.8 Å². The summed E-state index contributed by atoms with van der Waals surface area (Å²) in [6.07, 6.45) is 10.0. The van der Waals surface area contributed by atoms with Gasteiger partial charge in [-0.1, -0.05) is 6.42 Å². The third kappa shape index (κ3) is 3.96. The van der Waals surface area contributed by atoms with Crippen molar-refractivity contribution in [3.8, 4) is 0 Å². The topological polar surface area (TPSA) is 50.3 Å². The quantitative estimate of drug-likeness (QED) is 0.835. The number of furan rings is 1. The van der Waals surface area contributed by atoms with Gasteiger partial charge in [-0.2, -0.15) is 0 Å². The maximum Gasteiger partial charge on any atom is 0.146 e. The maximum absolute atomic E-state index is 5.20. The summed E-state index contributed by atoms with van der Waals surface area (Å²) in [6.45, 7) is 6.51. The molecule has 6 nitrogen and oxygen atoms in total. The molecule has 4 rings (SSSR count). The summed E-state index contributed by atoms with van der Waals surface area (Å²) in [6, 6.07) is 2.06. The highest BCUT2D eigenvalue weighted by atomic mass is 16.3. The summed E-state index contributed by atoms with van der Waals surface area (Å²) in [4.78, 5) is 5.03. The molecular weight excluding hydrogens is 314 g/mol. The summed E-state index contributed by atoms with van der Waals surface area (Å²) in [5.41, 5.74) is 1.25. The summed E-state index contributed by atoms with van der Waals surface area (Å²) in [5, 5.41) is 9.10. The first-order valence-corrected chi connectivity index (χ1v) is 9.63. The summed E-state index contributed by atoms with van der Waals surface area (Å²) in [5.74, 6) is 2.75. The maximum atomic E-state index is 5.20. The average molecular weight is 343 g/mol. The van der Waals surface area contributed by atoms with Crippen LogP contribution in [0.2, 0.25) is 0 Å². The van der Waals surface area contributed by atoms with Crippen molar-refractivity contribution in [2.24, 2.45) is 7.05 Å². The van der Waals surface area contributed by atoms with Gasteiger partial charge in [0.1, 0.15) is 11.6 Å². The Kier molecular flexibility index (Phi) is 5.17. The predicted octanol–water partition coefficient (Wildman–Crippen LogP) is 2.77. The van der Waals surface area contributed by atoms with Gasteiger partial charge in [0.05, 0.1) is 19.1 Å². The highest BCUT2D eigenvalue weighted by Gasteiger charge is 2.26. The van der Waals surface area contributed by atoms with Crippen LogP contribution in [0.25, 0.3) is 0 Å². The SMILES string of the molecule is Cn1c(CN2CCCCC2)nnc1[C@H]1CCCN(Cc2ccoc2)C1. The number of piperidine rings is 2. The third-order valence-electron chi connectivity index (χ3n) is 5.67. The zero-order valence-electron chi connectivity index (χ0n) is 15.2. The lowest BCUT2D eigenvalue weighted by atomic mass is 9.97. The average Bonchev–Trinajstić information content (AvgIpc) is 3.27. The van der Waals surface area contributed by atoms with E-state index in [2.05, 4.69) is 37.7 Å². The van der Waals surface area contributed by atoms with E-state index >= 15 is 0 Å². The molecule has 1 atom stereocenters. The van der Waals surface area contributed by atoms with Crippen molar-refractivity contribution in [3.05, 3.63) is 35.8 Å². The molecule has 0 bridgehead atoms. The molecule has 2 aromatic rings. The zero-order valence-corrected chi connectivity index (χ0v) is 15.2. The van der Waals surface area contributed by atoms with Crippen molar-refractivity contribution in [3.63, 3.8) is 0 Å². The van der Waals surface area contributed by atoms with Crippen molar-refractivity contribution >= 4 is 0 Å². The van der Waals surface area contributed by atoms with E-state index in [1.807, 2.05) is 6.26 Å². The Labute approximate surface area is 149 Å². The molecule has 4 heterocycles. The molecule has 2 fully saturated rings. The molecule has 136 valence electrons. The minimum Gasteiger partial charge on any atom is -0.472 e. The molecule has 0 saturated carbocycles. The second kappa shape index (κ2) is 7.70. The minimum absolute atomic E-state index is 0.480. The second-order valence-electron chi connectivity index (χ2n) is 7.58. The number of nitrogens with zero attached hydrogens (tertiary/aromatic N) is 5. The van der Waals surface area contributed by atoms with Crippen molar-refractivity contribution in [1.82, 2.24) is 24.6 Å². The summed E-state index contributed by atoms with van der Waals surface area (Å²) in [7, 11) is 2.14. The van der Waals surface area contributed by atoms with Gasteiger partial charge >= 0.3 is 0 Å². The first-order chi connectivity index (χ1) is 12.3. The van der Waals surface area contributed by atoms with Crippen LogP contribution in [0.1, 0.15) is 55.2 Å². The van der Waals surface area contributed by atoms with Gasteiger partial charge in [-0.05, 0) is 51.4 Å². The lowest BCUT2D eigenvalue weighted by Crippen LogP contribution is -2.35. The number of aromatic nitrogens is 3. The van der Waals surface area contributed by atoms with Gasteiger partial charge < -0.3 is 8.98 Å². The van der Waals surface area contributed by atoms with E-state index in [1.165, 1.54) is 50.8 Å². The molecule has 0 aromatic carbocycles. The Morgan fingerprint density at radius 3 is 2.68 bits per heavy atom. The van der Waals surface area contributed by atoms with E-state index in [4.69, 9.17) is 4.42 Å². The molecule has 6 heteroatoms. The molecule has 0 amide bonds. The lowest BCUT2D eigenvalue weighted by molar-refractivity contribution is 0.193. The number of likely N-dealkylation sites (tertiary alicyclic amines) is 2. The van der Waals surface area contributed by atoms with Crippen LogP contribution >= 0.6 is 0 Å². The fraction of sp³-hybridized carbons (Fsp3) is 0.684. The number of hydrogen-bond acceptors (Lipinski definition) is 5. The molecule has 2 saturated heterocycles. The predicted molar refractivity (Wildman–Crippen MR) is 96.1 cm³/mol. The van der Waals surface area contributed by atoms with Gasteiger partial charge in [0.25, 0.3) is 0 Å². The van der Waals surface area contributed by atoms with Crippen molar-refractivity contribution in [1.29, 1.82) is 0 Å². The van der Waals surface area contributed by atoms with E-state index in [0.29, 0.717) is 5.92 Å². The standard InChI is InChI=1S/C19H29N5O/c1-22-18(14-23-8-3-2-4-9-23)20-21-19(22)17-6-5-10-24(13-17)12-16-7-11-25-15-16/h7,11,15,17H,2-6,8-10,12-14H2,1H3/t17-/m0/s1. The van der Waals surface area contributed by atoms with Crippen LogP contribution < -0.4 is 0 Å². The third-order valence-corrected chi connectivity index (χ3v) is 5.67. The van der Waals surface area contributed by atoms with Crippen molar-refractivity contribution < 1.29 is 4.42 Å². The lowest BCUT2D eigenvalue weighted by Gasteiger charge is -2.32. The van der Waals surface area contributed by atoms with Gasteiger partial charge in [-0.3, -0.25) is 9.80 Å². The van der Waals surface area contributed by atoms with Crippen LogP contribution in [0, 0.1) is 0 Å². The van der Waals surface area contributed by atoms with Crippen LogP contribution in [-0.2, 0) is 20.1 Å². The van der Waals surface area contributed by atoms with Gasteiger partial charge in [-0.25, -0.2) is 0 Å². The Morgan fingerprint density at radius 2 is 1.88 bits per heavy atom. The molecule has 2 aliphatic heterocycles. The van der Waals surface area contributed by atoms with Crippen molar-refractivity contribution in [2.75, 3.05) is 26.2 Å².